The third kappa shape index (κ3) is 9.72. The van der Waals surface area contributed by atoms with Gasteiger partial charge < -0.3 is 27.4 Å². The second-order valence-corrected chi connectivity index (χ2v) is 7.00. The molecule has 0 saturated heterocycles. The summed E-state index contributed by atoms with van der Waals surface area (Å²) in [4.78, 5) is 35.1. The van der Waals surface area contributed by atoms with Crippen molar-refractivity contribution in [2.24, 2.45) is 17.4 Å². The Labute approximate surface area is 138 Å². The molecule has 8 heteroatoms. The van der Waals surface area contributed by atoms with E-state index in [1.807, 2.05) is 34.6 Å². The highest BCUT2D eigenvalue weighted by atomic mass is 16.2. The van der Waals surface area contributed by atoms with Gasteiger partial charge in [0.15, 0.2) is 0 Å². The van der Waals surface area contributed by atoms with Gasteiger partial charge >= 0.3 is 6.03 Å². The van der Waals surface area contributed by atoms with Crippen molar-refractivity contribution < 1.29 is 14.4 Å². The van der Waals surface area contributed by atoms with Crippen LogP contribution in [0.4, 0.5) is 4.79 Å². The predicted octanol–water partition coefficient (Wildman–Crippen LogP) is -0.182. The van der Waals surface area contributed by atoms with Crippen molar-refractivity contribution in [2.75, 3.05) is 6.54 Å². The van der Waals surface area contributed by atoms with E-state index in [2.05, 4.69) is 16.0 Å². The summed E-state index contributed by atoms with van der Waals surface area (Å²) in [5, 5.41) is 7.98. The van der Waals surface area contributed by atoms with Gasteiger partial charge in [-0.25, -0.2) is 4.79 Å². The van der Waals surface area contributed by atoms with Crippen LogP contribution < -0.4 is 27.4 Å². The monoisotopic (exact) mass is 329 g/mol. The Morgan fingerprint density at radius 2 is 1.65 bits per heavy atom. The largest absolute Gasteiger partial charge is 0.352 e. The predicted molar refractivity (Wildman–Crippen MR) is 89.5 cm³/mol. The second kappa shape index (κ2) is 9.34. The molecule has 0 aliphatic rings. The topological polar surface area (TPSA) is 139 Å². The molecule has 0 unspecified atom stereocenters. The Balaban J connectivity index is 4.75. The number of carbonyl (C=O) groups excluding carboxylic acids is 3. The van der Waals surface area contributed by atoms with E-state index in [0.29, 0.717) is 19.4 Å². The molecule has 0 aliphatic carbocycles. The van der Waals surface area contributed by atoms with Crippen LogP contribution in [0.5, 0.6) is 0 Å². The van der Waals surface area contributed by atoms with Gasteiger partial charge in [0.1, 0.15) is 6.04 Å². The minimum atomic E-state index is -0.707. The molecule has 0 heterocycles. The number of rotatable bonds is 8. The van der Waals surface area contributed by atoms with Gasteiger partial charge in [-0.3, -0.25) is 9.59 Å². The van der Waals surface area contributed by atoms with E-state index in [4.69, 9.17) is 11.5 Å². The smallest absolute Gasteiger partial charge is 0.312 e. The van der Waals surface area contributed by atoms with E-state index < -0.39 is 23.7 Å². The molecule has 0 bridgehead atoms. The van der Waals surface area contributed by atoms with Crippen molar-refractivity contribution in [3.8, 4) is 0 Å². The highest BCUT2D eigenvalue weighted by Gasteiger charge is 2.27. The van der Waals surface area contributed by atoms with E-state index in [9.17, 15) is 14.4 Å². The van der Waals surface area contributed by atoms with Crippen molar-refractivity contribution >= 4 is 17.8 Å². The number of hydrogen-bond donors (Lipinski definition) is 5. The Bertz CT molecular complexity index is 418. The van der Waals surface area contributed by atoms with Gasteiger partial charge in [-0.2, -0.15) is 0 Å². The molecule has 4 amide bonds. The fourth-order valence-electron chi connectivity index (χ4n) is 1.81. The van der Waals surface area contributed by atoms with E-state index in [1.165, 1.54) is 0 Å². The Morgan fingerprint density at radius 3 is 2.09 bits per heavy atom. The zero-order valence-corrected chi connectivity index (χ0v) is 14.7. The first-order valence-electron chi connectivity index (χ1n) is 7.85. The van der Waals surface area contributed by atoms with Gasteiger partial charge in [0, 0.05) is 12.1 Å². The van der Waals surface area contributed by atoms with Gasteiger partial charge in [0.2, 0.25) is 11.8 Å². The first-order chi connectivity index (χ1) is 10.4. The first kappa shape index (κ1) is 21.2. The molecule has 23 heavy (non-hydrogen) atoms. The molecule has 0 fully saturated rings. The number of carbonyl (C=O) groups is 3. The van der Waals surface area contributed by atoms with Crippen molar-refractivity contribution in [2.45, 2.75) is 65.1 Å². The van der Waals surface area contributed by atoms with Crippen LogP contribution in [-0.4, -0.2) is 42.0 Å². The number of amides is 4. The first-order valence-corrected chi connectivity index (χ1v) is 7.85. The molecule has 7 N–H and O–H groups in total. The maximum absolute atomic E-state index is 12.3. The molecule has 0 rings (SSSR count). The summed E-state index contributed by atoms with van der Waals surface area (Å²) in [5.41, 5.74) is 10.4. The molecular weight excluding hydrogens is 298 g/mol. The van der Waals surface area contributed by atoms with Crippen molar-refractivity contribution in [1.82, 2.24) is 16.0 Å². The summed E-state index contributed by atoms with van der Waals surface area (Å²) in [6, 6.07) is -2.00. The van der Waals surface area contributed by atoms with E-state index in [0.717, 1.165) is 0 Å². The van der Waals surface area contributed by atoms with Gasteiger partial charge in [0.25, 0.3) is 0 Å². The average molecular weight is 329 g/mol. The molecular formula is C15H31N5O3. The SMILES string of the molecule is CC(C)[C@H](N)C(=O)N[C@@H](CCCNC(N)=O)C(=O)NC(C)(C)C. The van der Waals surface area contributed by atoms with Crippen LogP contribution in [0.25, 0.3) is 0 Å². The van der Waals surface area contributed by atoms with E-state index in [-0.39, 0.29) is 17.7 Å². The van der Waals surface area contributed by atoms with Crippen LogP contribution in [0.1, 0.15) is 47.5 Å². The third-order valence-electron chi connectivity index (χ3n) is 3.12. The van der Waals surface area contributed by atoms with Crippen LogP contribution >= 0.6 is 0 Å². The fraction of sp³-hybridized carbons (Fsp3) is 0.800. The molecule has 0 radical (unpaired) electrons. The van der Waals surface area contributed by atoms with Crippen molar-refractivity contribution in [3.05, 3.63) is 0 Å². The molecule has 0 saturated carbocycles. The van der Waals surface area contributed by atoms with Gasteiger partial charge in [-0.1, -0.05) is 13.8 Å². The quantitative estimate of drug-likeness (QED) is 0.394. The highest BCUT2D eigenvalue weighted by molar-refractivity contribution is 5.90. The van der Waals surface area contributed by atoms with Crippen LogP contribution in [-0.2, 0) is 9.59 Å². The number of hydrogen-bond acceptors (Lipinski definition) is 4. The molecule has 134 valence electrons. The fourth-order valence-corrected chi connectivity index (χ4v) is 1.81. The van der Waals surface area contributed by atoms with Crippen LogP contribution in [0.3, 0.4) is 0 Å². The molecule has 8 nitrogen and oxygen atoms in total. The normalized spacial score (nSPS) is 14.0. The number of urea groups is 1. The van der Waals surface area contributed by atoms with Crippen molar-refractivity contribution in [1.29, 1.82) is 0 Å². The summed E-state index contributed by atoms with van der Waals surface area (Å²) in [7, 11) is 0. The lowest BCUT2D eigenvalue weighted by atomic mass is 10.0. The zero-order chi connectivity index (χ0) is 18.2. The lowest BCUT2D eigenvalue weighted by Crippen LogP contribution is -2.55. The molecule has 0 aromatic carbocycles. The maximum atomic E-state index is 12.3. The lowest BCUT2D eigenvalue weighted by molar-refractivity contribution is -0.131. The van der Waals surface area contributed by atoms with E-state index >= 15 is 0 Å². The van der Waals surface area contributed by atoms with Crippen molar-refractivity contribution in [3.63, 3.8) is 0 Å². The summed E-state index contributed by atoms with van der Waals surface area (Å²) in [6.07, 6.45) is 0.876. The molecule has 0 aromatic heterocycles. The van der Waals surface area contributed by atoms with Crippen LogP contribution in [0.15, 0.2) is 0 Å². The Hall–Kier alpha value is -1.83. The molecule has 0 aliphatic heterocycles. The van der Waals surface area contributed by atoms with Crippen LogP contribution in [0, 0.1) is 5.92 Å². The molecule has 0 spiro atoms. The van der Waals surface area contributed by atoms with E-state index in [1.54, 1.807) is 0 Å². The zero-order valence-electron chi connectivity index (χ0n) is 14.7. The number of nitrogens with one attached hydrogen (secondary N) is 3. The van der Waals surface area contributed by atoms with Crippen LogP contribution in [0.2, 0.25) is 0 Å². The Kier molecular flexibility index (Phi) is 8.60. The van der Waals surface area contributed by atoms with Gasteiger partial charge in [-0.15, -0.1) is 0 Å². The lowest BCUT2D eigenvalue weighted by Gasteiger charge is -2.27. The third-order valence-corrected chi connectivity index (χ3v) is 3.12. The molecule has 0 aromatic rings. The number of nitrogens with two attached hydrogens (primary N) is 2. The minimum absolute atomic E-state index is 0.0298. The van der Waals surface area contributed by atoms with Gasteiger partial charge in [-0.05, 0) is 39.5 Å². The summed E-state index contributed by atoms with van der Waals surface area (Å²) >= 11 is 0. The minimum Gasteiger partial charge on any atom is -0.352 e. The summed E-state index contributed by atoms with van der Waals surface area (Å²) < 4.78 is 0. The second-order valence-electron chi connectivity index (χ2n) is 7.00. The average Bonchev–Trinajstić information content (AvgIpc) is 2.38. The van der Waals surface area contributed by atoms with Gasteiger partial charge in [0.05, 0.1) is 6.04 Å². The summed E-state index contributed by atoms with van der Waals surface area (Å²) in [5.74, 6) is -0.671. The standard InChI is InChI=1S/C15H31N5O3/c1-9(2)11(16)13(22)19-10(7-6-8-18-14(17)23)12(21)20-15(3,4)5/h9-11H,6-8,16H2,1-5H3,(H,19,22)(H,20,21)(H3,17,18,23)/t10-,11-/m0/s1. The number of primary amides is 1. The highest BCUT2D eigenvalue weighted by Crippen LogP contribution is 2.05. The summed E-state index contributed by atoms with van der Waals surface area (Å²) in [6.45, 7) is 9.59. The Morgan fingerprint density at radius 1 is 1.09 bits per heavy atom. The molecule has 2 atom stereocenters. The maximum Gasteiger partial charge on any atom is 0.312 e.